The lowest BCUT2D eigenvalue weighted by atomic mass is 9.99. The van der Waals surface area contributed by atoms with E-state index in [2.05, 4.69) is 10.3 Å². The number of thiocarbonyl (C=S) groups is 1. The molecular weight excluding hydrogens is 494 g/mol. The molecule has 0 aliphatic carbocycles. The van der Waals surface area contributed by atoms with Crippen LogP contribution in [0, 0.1) is 0 Å². The quantitative estimate of drug-likeness (QED) is 0.201. The Hall–Kier alpha value is -4.33. The van der Waals surface area contributed by atoms with Crippen molar-refractivity contribution >= 4 is 52.5 Å². The monoisotopic (exact) mass is 511 g/mol. The van der Waals surface area contributed by atoms with Gasteiger partial charge in [0.1, 0.15) is 17.1 Å². The van der Waals surface area contributed by atoms with Crippen LogP contribution in [-0.4, -0.2) is 21.9 Å². The molecule has 0 saturated carbocycles. The Labute approximate surface area is 217 Å². The first kappa shape index (κ1) is 23.4. The third-order valence-corrected chi connectivity index (χ3v) is 6.02. The Morgan fingerprint density at radius 3 is 2.31 bits per heavy atom. The molecular formula is C28H18ClN3O3S. The van der Waals surface area contributed by atoms with E-state index in [1.807, 2.05) is 48.5 Å². The number of carbonyl (C=O) groups is 2. The summed E-state index contributed by atoms with van der Waals surface area (Å²) in [7, 11) is 0. The average molecular weight is 512 g/mol. The summed E-state index contributed by atoms with van der Waals surface area (Å²) < 4.78 is 5.82. The van der Waals surface area contributed by atoms with Crippen LogP contribution in [0.4, 0.5) is 5.69 Å². The van der Waals surface area contributed by atoms with E-state index < -0.39 is 11.8 Å². The molecule has 0 radical (unpaired) electrons. The minimum Gasteiger partial charge on any atom is -0.457 e. The van der Waals surface area contributed by atoms with Crippen LogP contribution in [0.25, 0.3) is 17.2 Å². The van der Waals surface area contributed by atoms with E-state index in [-0.39, 0.29) is 10.7 Å². The molecule has 0 atom stereocenters. The van der Waals surface area contributed by atoms with Gasteiger partial charge in [0, 0.05) is 23.0 Å². The maximum atomic E-state index is 13.5. The normalized spacial score (nSPS) is 14.6. The highest BCUT2D eigenvalue weighted by Gasteiger charge is 2.34. The van der Waals surface area contributed by atoms with Gasteiger partial charge in [0.05, 0.1) is 5.69 Å². The number of halogens is 1. The van der Waals surface area contributed by atoms with Gasteiger partial charge in [-0.25, -0.2) is 0 Å². The van der Waals surface area contributed by atoms with E-state index in [1.165, 1.54) is 11.0 Å². The van der Waals surface area contributed by atoms with Gasteiger partial charge in [-0.2, -0.15) is 0 Å². The maximum absolute atomic E-state index is 13.5. The van der Waals surface area contributed by atoms with E-state index in [9.17, 15) is 9.59 Å². The number of para-hydroxylation sites is 1. The van der Waals surface area contributed by atoms with Crippen LogP contribution in [0.3, 0.4) is 0 Å². The molecule has 6 nitrogen and oxygen atoms in total. The summed E-state index contributed by atoms with van der Waals surface area (Å²) in [4.78, 5) is 31.7. The number of aromatic nitrogens is 1. The smallest absolute Gasteiger partial charge is 0.270 e. The predicted molar refractivity (Wildman–Crippen MR) is 144 cm³/mol. The Kier molecular flexibility index (Phi) is 6.58. The Bertz CT molecular complexity index is 1490. The van der Waals surface area contributed by atoms with Crippen molar-refractivity contribution in [2.45, 2.75) is 0 Å². The lowest BCUT2D eigenvalue weighted by Gasteiger charge is -2.29. The molecule has 0 spiro atoms. The number of ether oxygens (including phenoxy) is 1. The summed E-state index contributed by atoms with van der Waals surface area (Å²) in [5, 5.41) is 3.22. The molecule has 3 aromatic carbocycles. The third-order valence-electron chi connectivity index (χ3n) is 5.48. The zero-order valence-corrected chi connectivity index (χ0v) is 20.3. The minimum absolute atomic E-state index is 0.00277. The topological polar surface area (TPSA) is 71.5 Å². The fourth-order valence-corrected chi connectivity index (χ4v) is 4.16. The molecule has 1 aliphatic rings. The number of hydrogen-bond donors (Lipinski definition) is 1. The molecule has 1 aliphatic heterocycles. The van der Waals surface area contributed by atoms with Gasteiger partial charge in [-0.3, -0.25) is 24.8 Å². The lowest BCUT2D eigenvalue weighted by Crippen LogP contribution is -2.54. The van der Waals surface area contributed by atoms with Crippen molar-refractivity contribution in [3.05, 3.63) is 113 Å². The average Bonchev–Trinajstić information content (AvgIpc) is 2.89. The second kappa shape index (κ2) is 10.1. The van der Waals surface area contributed by atoms with Gasteiger partial charge in [-0.15, -0.1) is 0 Å². The van der Waals surface area contributed by atoms with E-state index >= 15 is 0 Å². The number of nitrogens with zero attached hydrogens (tertiary/aromatic N) is 2. The second-order valence-electron chi connectivity index (χ2n) is 7.84. The molecule has 5 rings (SSSR count). The summed E-state index contributed by atoms with van der Waals surface area (Å²) in [5.41, 5.74) is 2.73. The molecule has 1 fully saturated rings. The van der Waals surface area contributed by atoms with Crippen LogP contribution in [0.1, 0.15) is 5.56 Å². The number of hydrogen-bond acceptors (Lipinski definition) is 5. The Morgan fingerprint density at radius 2 is 1.58 bits per heavy atom. The Morgan fingerprint density at radius 1 is 0.889 bits per heavy atom. The predicted octanol–water partition coefficient (Wildman–Crippen LogP) is 6.03. The van der Waals surface area contributed by atoms with Gasteiger partial charge in [-0.1, -0.05) is 41.9 Å². The van der Waals surface area contributed by atoms with Gasteiger partial charge in [0.25, 0.3) is 11.8 Å². The lowest BCUT2D eigenvalue weighted by molar-refractivity contribution is -0.122. The van der Waals surface area contributed by atoms with Crippen molar-refractivity contribution in [3.63, 3.8) is 0 Å². The van der Waals surface area contributed by atoms with Crippen LogP contribution in [0.15, 0.2) is 103 Å². The zero-order chi connectivity index (χ0) is 25.1. The molecule has 1 saturated heterocycles. The van der Waals surface area contributed by atoms with Gasteiger partial charge < -0.3 is 4.74 Å². The molecule has 1 aromatic heterocycles. The number of nitrogens with one attached hydrogen (secondary N) is 1. The maximum Gasteiger partial charge on any atom is 0.270 e. The second-order valence-corrected chi connectivity index (χ2v) is 8.66. The van der Waals surface area contributed by atoms with Crippen LogP contribution in [0.2, 0.25) is 5.02 Å². The molecule has 1 N–H and O–H groups in total. The van der Waals surface area contributed by atoms with E-state index in [0.29, 0.717) is 27.8 Å². The molecule has 2 amide bonds. The Balaban J connectivity index is 1.45. The number of pyridine rings is 1. The van der Waals surface area contributed by atoms with Gasteiger partial charge >= 0.3 is 0 Å². The standard InChI is InChI=1S/C28H18ClN3O3S/c29-20-8-6-18(7-9-20)24-14-15-30-17-19(24)16-25-26(33)31-28(36)32(27(25)34)21-10-12-23(13-11-21)35-22-4-2-1-3-5-22/h1-17H,(H,31,33,36). The highest BCUT2D eigenvalue weighted by Crippen LogP contribution is 2.29. The highest BCUT2D eigenvalue weighted by atomic mass is 35.5. The van der Waals surface area contributed by atoms with Gasteiger partial charge in [0.2, 0.25) is 0 Å². The van der Waals surface area contributed by atoms with Gasteiger partial charge in [0.15, 0.2) is 5.11 Å². The van der Waals surface area contributed by atoms with Crippen molar-refractivity contribution < 1.29 is 14.3 Å². The first-order valence-electron chi connectivity index (χ1n) is 10.9. The van der Waals surface area contributed by atoms with Crippen LogP contribution >= 0.6 is 23.8 Å². The summed E-state index contributed by atoms with van der Waals surface area (Å²) in [6.07, 6.45) is 4.77. The SMILES string of the molecule is O=C1NC(=S)N(c2ccc(Oc3ccccc3)cc2)C(=O)C1=Cc1cnccc1-c1ccc(Cl)cc1. The van der Waals surface area contributed by atoms with Crippen molar-refractivity contribution in [2.75, 3.05) is 4.90 Å². The van der Waals surface area contributed by atoms with E-state index in [1.54, 1.807) is 48.8 Å². The zero-order valence-electron chi connectivity index (χ0n) is 18.7. The van der Waals surface area contributed by atoms with Crippen LogP contribution in [-0.2, 0) is 9.59 Å². The molecule has 36 heavy (non-hydrogen) atoms. The van der Waals surface area contributed by atoms with E-state index in [0.717, 1.165) is 11.1 Å². The molecule has 176 valence electrons. The summed E-state index contributed by atoms with van der Waals surface area (Å²) in [6, 6.07) is 25.3. The molecule has 2 heterocycles. The molecule has 0 unspecified atom stereocenters. The number of rotatable bonds is 5. The molecule has 0 bridgehead atoms. The highest BCUT2D eigenvalue weighted by molar-refractivity contribution is 7.80. The van der Waals surface area contributed by atoms with Crippen LogP contribution in [0.5, 0.6) is 11.5 Å². The third kappa shape index (κ3) is 4.88. The summed E-state index contributed by atoms with van der Waals surface area (Å²) >= 11 is 11.3. The van der Waals surface area contributed by atoms with Crippen LogP contribution < -0.4 is 15.0 Å². The number of anilines is 1. The van der Waals surface area contributed by atoms with Crippen molar-refractivity contribution in [1.82, 2.24) is 10.3 Å². The molecule has 4 aromatic rings. The first-order valence-corrected chi connectivity index (χ1v) is 11.7. The fraction of sp³-hybridized carbons (Fsp3) is 0. The summed E-state index contributed by atoms with van der Waals surface area (Å²) in [6.45, 7) is 0. The summed E-state index contributed by atoms with van der Waals surface area (Å²) in [5.74, 6) is 0.186. The minimum atomic E-state index is -0.573. The van der Waals surface area contributed by atoms with Crippen molar-refractivity contribution in [2.24, 2.45) is 0 Å². The largest absolute Gasteiger partial charge is 0.457 e. The van der Waals surface area contributed by atoms with Crippen molar-refractivity contribution in [1.29, 1.82) is 0 Å². The number of carbonyl (C=O) groups excluding carboxylic acids is 2. The number of amides is 2. The van der Waals surface area contributed by atoms with Crippen molar-refractivity contribution in [3.8, 4) is 22.6 Å². The first-order chi connectivity index (χ1) is 17.5. The van der Waals surface area contributed by atoms with Gasteiger partial charge in [-0.05, 0) is 84.0 Å². The fourth-order valence-electron chi connectivity index (χ4n) is 3.75. The molecule has 8 heteroatoms. The number of benzene rings is 3. The van der Waals surface area contributed by atoms with E-state index in [4.69, 9.17) is 28.6 Å².